The molecule has 1 saturated carbocycles. The van der Waals surface area contributed by atoms with Crippen LogP contribution in [-0.4, -0.2) is 15.6 Å². The summed E-state index contributed by atoms with van der Waals surface area (Å²) in [6.45, 7) is 0. The van der Waals surface area contributed by atoms with Crippen LogP contribution in [0, 0.1) is 0 Å². The monoisotopic (exact) mass is 245 g/mol. The van der Waals surface area contributed by atoms with Gasteiger partial charge in [-0.1, -0.05) is 0 Å². The Hall–Kier alpha value is -1.84. The fourth-order valence-electron chi connectivity index (χ4n) is 2.69. The molecule has 3 rings (SSSR count). The van der Waals surface area contributed by atoms with Crippen LogP contribution in [0.5, 0.6) is 0 Å². The van der Waals surface area contributed by atoms with Gasteiger partial charge in [0, 0.05) is 23.4 Å². The number of pyridine rings is 1. The predicted octanol–water partition coefficient (Wildman–Crippen LogP) is 1.77. The highest BCUT2D eigenvalue weighted by Crippen LogP contribution is 2.37. The third-order valence-corrected chi connectivity index (χ3v) is 3.63. The molecule has 94 valence electrons. The molecule has 0 aromatic carbocycles. The summed E-state index contributed by atoms with van der Waals surface area (Å²) >= 11 is 0. The zero-order valence-electron chi connectivity index (χ0n) is 10.1. The lowest BCUT2D eigenvalue weighted by Crippen LogP contribution is -2.24. The molecule has 0 radical (unpaired) electrons. The standard InChI is InChI=1S/C14H15NO3/c16-13(17)7-4-10-8-9-2-1-3-12(9)15(14(10)18)11-5-6-11/h4,7-8,11H,1-3,5-6H2,(H,16,17)/b7-4+. The largest absolute Gasteiger partial charge is 0.478 e. The maximum absolute atomic E-state index is 12.3. The second-order valence-corrected chi connectivity index (χ2v) is 5.00. The summed E-state index contributed by atoms with van der Waals surface area (Å²) in [5.74, 6) is -1.02. The van der Waals surface area contributed by atoms with Crippen molar-refractivity contribution in [1.82, 2.24) is 4.57 Å². The summed E-state index contributed by atoms with van der Waals surface area (Å²) < 4.78 is 1.91. The van der Waals surface area contributed by atoms with E-state index >= 15 is 0 Å². The van der Waals surface area contributed by atoms with E-state index in [0.29, 0.717) is 11.6 Å². The molecule has 2 aliphatic carbocycles. The van der Waals surface area contributed by atoms with Gasteiger partial charge in [0.25, 0.3) is 5.56 Å². The van der Waals surface area contributed by atoms with E-state index in [9.17, 15) is 9.59 Å². The number of aliphatic carboxylic acids is 1. The molecule has 0 amide bonds. The quantitative estimate of drug-likeness (QED) is 0.826. The van der Waals surface area contributed by atoms with E-state index in [1.165, 1.54) is 17.3 Å². The van der Waals surface area contributed by atoms with E-state index in [4.69, 9.17) is 5.11 Å². The average Bonchev–Trinajstić information content (AvgIpc) is 3.04. The molecular weight excluding hydrogens is 230 g/mol. The summed E-state index contributed by atoms with van der Waals surface area (Å²) in [4.78, 5) is 22.9. The minimum absolute atomic E-state index is 0.0318. The first-order valence-electron chi connectivity index (χ1n) is 6.35. The highest BCUT2D eigenvalue weighted by Gasteiger charge is 2.29. The Balaban J connectivity index is 2.13. The first-order valence-corrected chi connectivity index (χ1v) is 6.35. The summed E-state index contributed by atoms with van der Waals surface area (Å²) in [6, 6.07) is 2.21. The third kappa shape index (κ3) is 1.88. The number of aryl methyl sites for hydroxylation is 1. The average molecular weight is 245 g/mol. The lowest BCUT2D eigenvalue weighted by atomic mass is 10.1. The van der Waals surface area contributed by atoms with E-state index < -0.39 is 5.97 Å². The van der Waals surface area contributed by atoms with Crippen molar-refractivity contribution in [2.24, 2.45) is 0 Å². The molecule has 1 aromatic rings. The van der Waals surface area contributed by atoms with Gasteiger partial charge in [-0.15, -0.1) is 0 Å². The Labute approximate surface area is 105 Å². The lowest BCUT2D eigenvalue weighted by molar-refractivity contribution is -0.131. The first kappa shape index (κ1) is 11.3. The normalized spacial score (nSPS) is 18.2. The van der Waals surface area contributed by atoms with Gasteiger partial charge in [0.15, 0.2) is 0 Å². The van der Waals surface area contributed by atoms with Gasteiger partial charge in [-0.2, -0.15) is 0 Å². The molecule has 4 nitrogen and oxygen atoms in total. The van der Waals surface area contributed by atoms with E-state index in [2.05, 4.69) is 0 Å². The van der Waals surface area contributed by atoms with Crippen LogP contribution in [0.2, 0.25) is 0 Å². The lowest BCUT2D eigenvalue weighted by Gasteiger charge is -2.12. The molecule has 1 fully saturated rings. The van der Waals surface area contributed by atoms with Crippen LogP contribution in [0.25, 0.3) is 6.08 Å². The Bertz CT molecular complexity index is 594. The molecular formula is C14H15NO3. The van der Waals surface area contributed by atoms with Gasteiger partial charge in [-0.25, -0.2) is 4.79 Å². The van der Waals surface area contributed by atoms with Crippen molar-refractivity contribution in [2.75, 3.05) is 0 Å². The summed E-state index contributed by atoms with van der Waals surface area (Å²) in [6.07, 6.45) is 7.65. The molecule has 2 aliphatic rings. The fraction of sp³-hybridized carbons (Fsp3) is 0.429. The van der Waals surface area contributed by atoms with E-state index in [1.807, 2.05) is 10.6 Å². The number of carboxylic acid groups (broad SMARTS) is 1. The topological polar surface area (TPSA) is 59.3 Å². The number of carboxylic acids is 1. The van der Waals surface area contributed by atoms with Crippen LogP contribution in [0.15, 0.2) is 16.9 Å². The fourth-order valence-corrected chi connectivity index (χ4v) is 2.69. The van der Waals surface area contributed by atoms with Gasteiger partial charge in [0.2, 0.25) is 0 Å². The van der Waals surface area contributed by atoms with E-state index in [0.717, 1.165) is 38.2 Å². The van der Waals surface area contributed by atoms with Crippen LogP contribution in [0.4, 0.5) is 0 Å². The van der Waals surface area contributed by atoms with Crippen LogP contribution in [-0.2, 0) is 17.6 Å². The van der Waals surface area contributed by atoms with Gasteiger partial charge in [-0.05, 0) is 49.8 Å². The number of aromatic nitrogens is 1. The van der Waals surface area contributed by atoms with E-state index in [-0.39, 0.29) is 5.56 Å². The van der Waals surface area contributed by atoms with Crippen molar-refractivity contribution in [3.63, 3.8) is 0 Å². The maximum Gasteiger partial charge on any atom is 0.328 e. The second-order valence-electron chi connectivity index (χ2n) is 5.00. The van der Waals surface area contributed by atoms with Crippen molar-refractivity contribution in [1.29, 1.82) is 0 Å². The first-order chi connectivity index (χ1) is 8.66. The smallest absolute Gasteiger partial charge is 0.328 e. The number of rotatable bonds is 3. The maximum atomic E-state index is 12.3. The molecule has 0 bridgehead atoms. The molecule has 0 unspecified atom stereocenters. The minimum atomic E-state index is -1.02. The molecule has 0 spiro atoms. The van der Waals surface area contributed by atoms with Crippen molar-refractivity contribution < 1.29 is 9.90 Å². The molecule has 18 heavy (non-hydrogen) atoms. The predicted molar refractivity (Wildman–Crippen MR) is 67.7 cm³/mol. The van der Waals surface area contributed by atoms with Gasteiger partial charge < -0.3 is 9.67 Å². The van der Waals surface area contributed by atoms with Gasteiger partial charge >= 0.3 is 5.97 Å². The van der Waals surface area contributed by atoms with Gasteiger partial charge in [0.1, 0.15) is 0 Å². The van der Waals surface area contributed by atoms with Crippen LogP contribution >= 0.6 is 0 Å². The van der Waals surface area contributed by atoms with Gasteiger partial charge in [-0.3, -0.25) is 4.79 Å². The van der Waals surface area contributed by atoms with Gasteiger partial charge in [0.05, 0.1) is 0 Å². The van der Waals surface area contributed by atoms with Crippen molar-refractivity contribution in [3.8, 4) is 0 Å². The van der Waals surface area contributed by atoms with Crippen molar-refractivity contribution in [3.05, 3.63) is 39.3 Å². The Morgan fingerprint density at radius 3 is 2.83 bits per heavy atom. The summed E-state index contributed by atoms with van der Waals surface area (Å²) in [7, 11) is 0. The molecule has 1 N–H and O–H groups in total. The Kier molecular flexibility index (Phi) is 2.58. The summed E-state index contributed by atoms with van der Waals surface area (Å²) in [5.41, 5.74) is 2.86. The van der Waals surface area contributed by atoms with Crippen LogP contribution in [0.3, 0.4) is 0 Å². The molecule has 0 saturated heterocycles. The van der Waals surface area contributed by atoms with Crippen molar-refractivity contribution >= 4 is 12.0 Å². The summed E-state index contributed by atoms with van der Waals surface area (Å²) in [5, 5.41) is 8.65. The molecule has 1 heterocycles. The number of carbonyl (C=O) groups is 1. The Morgan fingerprint density at radius 1 is 1.39 bits per heavy atom. The molecule has 1 aromatic heterocycles. The zero-order chi connectivity index (χ0) is 12.7. The highest BCUT2D eigenvalue weighted by atomic mass is 16.4. The van der Waals surface area contributed by atoms with Crippen LogP contribution < -0.4 is 5.56 Å². The Morgan fingerprint density at radius 2 is 2.17 bits per heavy atom. The third-order valence-electron chi connectivity index (χ3n) is 3.63. The number of fused-ring (bicyclic) bond motifs is 1. The SMILES string of the molecule is O=C(O)/C=C/c1cc2c(n(C3CC3)c1=O)CCC2. The zero-order valence-corrected chi connectivity index (χ0v) is 10.1. The van der Waals surface area contributed by atoms with Crippen LogP contribution in [0.1, 0.15) is 42.1 Å². The van der Waals surface area contributed by atoms with E-state index in [1.54, 1.807) is 0 Å². The molecule has 0 aliphatic heterocycles. The number of hydrogen-bond donors (Lipinski definition) is 1. The molecule has 4 heteroatoms. The molecule has 0 atom stereocenters. The minimum Gasteiger partial charge on any atom is -0.478 e. The number of hydrogen-bond acceptors (Lipinski definition) is 2. The second kappa shape index (κ2) is 4.12. The number of nitrogens with zero attached hydrogens (tertiary/aromatic N) is 1. The highest BCUT2D eigenvalue weighted by molar-refractivity contribution is 5.85. The van der Waals surface area contributed by atoms with Crippen molar-refractivity contribution in [2.45, 2.75) is 38.1 Å².